The molecule has 0 saturated carbocycles. The zero-order valence-corrected chi connectivity index (χ0v) is 11.1. The molecule has 2 rings (SSSR count). The molecule has 2 aromatic rings. The van der Waals surface area contributed by atoms with Gasteiger partial charge in [0.05, 0.1) is 12.7 Å². The van der Waals surface area contributed by atoms with Crippen molar-refractivity contribution in [2.24, 2.45) is 0 Å². The second-order valence-electron chi connectivity index (χ2n) is 4.14. The van der Waals surface area contributed by atoms with E-state index in [4.69, 9.17) is 5.11 Å². The summed E-state index contributed by atoms with van der Waals surface area (Å²) >= 11 is 0. The third-order valence-corrected chi connectivity index (χ3v) is 2.59. The molecule has 0 aliphatic carbocycles. The highest BCUT2D eigenvalue weighted by atomic mass is 16.4. The smallest absolute Gasteiger partial charge is 0.358 e. The molecule has 0 fully saturated rings. The summed E-state index contributed by atoms with van der Waals surface area (Å²) in [6, 6.07) is -0.305. The minimum atomic E-state index is -1.13. The fraction of sp³-hybridized carbons (Fsp3) is 0.364. The average Bonchev–Trinajstić information content (AvgIpc) is 3.09. The summed E-state index contributed by atoms with van der Waals surface area (Å²) in [5.41, 5.74) is -0.127. The number of rotatable bonds is 7. The van der Waals surface area contributed by atoms with Crippen LogP contribution in [0.15, 0.2) is 18.6 Å². The Morgan fingerprint density at radius 3 is 2.81 bits per heavy atom. The molecule has 21 heavy (non-hydrogen) atoms. The number of urea groups is 1. The number of nitrogens with zero attached hydrogens (tertiary/aromatic N) is 4. The fourth-order valence-electron chi connectivity index (χ4n) is 1.58. The lowest BCUT2D eigenvalue weighted by Gasteiger charge is -2.06. The van der Waals surface area contributed by atoms with E-state index in [9.17, 15) is 9.59 Å². The zero-order valence-electron chi connectivity index (χ0n) is 11.1. The number of imidazole rings is 1. The molecule has 0 unspecified atom stereocenters. The van der Waals surface area contributed by atoms with Crippen LogP contribution in [0.4, 0.5) is 4.79 Å². The van der Waals surface area contributed by atoms with Gasteiger partial charge >= 0.3 is 12.0 Å². The molecule has 0 aliphatic rings. The van der Waals surface area contributed by atoms with Crippen LogP contribution in [-0.2, 0) is 13.0 Å². The first-order valence-corrected chi connectivity index (χ1v) is 6.28. The maximum absolute atomic E-state index is 11.5. The molecule has 0 spiro atoms. The third kappa shape index (κ3) is 4.60. The van der Waals surface area contributed by atoms with E-state index in [1.54, 1.807) is 12.4 Å². The summed E-state index contributed by atoms with van der Waals surface area (Å²) in [6.45, 7) is 1.12. The van der Waals surface area contributed by atoms with Crippen LogP contribution in [0.1, 0.15) is 16.3 Å². The van der Waals surface area contributed by atoms with Crippen LogP contribution in [0, 0.1) is 0 Å². The minimum absolute atomic E-state index is 0.127. The van der Waals surface area contributed by atoms with E-state index in [2.05, 4.69) is 30.9 Å². The first kappa shape index (κ1) is 14.5. The Balaban J connectivity index is 1.61. The van der Waals surface area contributed by atoms with Crippen molar-refractivity contribution in [1.82, 2.24) is 35.6 Å². The summed E-state index contributed by atoms with van der Waals surface area (Å²) in [4.78, 5) is 29.1. The number of amides is 2. The number of H-pyrrole nitrogens is 1. The maximum Gasteiger partial charge on any atom is 0.358 e. The standard InChI is InChI=1S/C11H15N7O3/c19-10(20)8-7-18(17-16-8)6-5-15-11(21)14-2-1-9-12-3-4-13-9/h3-4,7H,1-2,5-6H2,(H,12,13)(H,19,20)(H2,14,15,21). The van der Waals surface area contributed by atoms with Crippen molar-refractivity contribution in [3.8, 4) is 0 Å². The third-order valence-electron chi connectivity index (χ3n) is 2.59. The van der Waals surface area contributed by atoms with E-state index in [1.165, 1.54) is 10.9 Å². The van der Waals surface area contributed by atoms with Crippen LogP contribution in [0.2, 0.25) is 0 Å². The van der Waals surface area contributed by atoms with Gasteiger partial charge in [-0.25, -0.2) is 19.3 Å². The van der Waals surface area contributed by atoms with Crippen molar-refractivity contribution in [2.45, 2.75) is 13.0 Å². The molecular weight excluding hydrogens is 278 g/mol. The van der Waals surface area contributed by atoms with Crippen molar-refractivity contribution in [1.29, 1.82) is 0 Å². The molecule has 0 aliphatic heterocycles. The number of carboxylic acids is 1. The largest absolute Gasteiger partial charge is 0.476 e. The quantitative estimate of drug-likeness (QED) is 0.529. The topological polar surface area (TPSA) is 138 Å². The maximum atomic E-state index is 11.5. The van der Waals surface area contributed by atoms with Crippen molar-refractivity contribution in [3.63, 3.8) is 0 Å². The molecule has 4 N–H and O–H groups in total. The number of carbonyl (C=O) groups is 2. The first-order valence-electron chi connectivity index (χ1n) is 6.28. The Bertz CT molecular complexity index is 593. The Labute approximate surface area is 119 Å². The average molecular weight is 293 g/mol. The van der Waals surface area contributed by atoms with E-state index in [-0.39, 0.29) is 11.7 Å². The minimum Gasteiger partial charge on any atom is -0.476 e. The summed E-state index contributed by atoms with van der Waals surface area (Å²) in [7, 11) is 0. The summed E-state index contributed by atoms with van der Waals surface area (Å²) in [5.74, 6) is -0.330. The summed E-state index contributed by atoms with van der Waals surface area (Å²) < 4.78 is 1.35. The number of hydrogen-bond acceptors (Lipinski definition) is 5. The van der Waals surface area contributed by atoms with Gasteiger partial charge in [0.15, 0.2) is 5.69 Å². The van der Waals surface area contributed by atoms with Crippen LogP contribution >= 0.6 is 0 Å². The highest BCUT2D eigenvalue weighted by Crippen LogP contribution is 1.92. The molecule has 10 heteroatoms. The zero-order chi connectivity index (χ0) is 15.1. The lowest BCUT2D eigenvalue weighted by Crippen LogP contribution is -2.38. The van der Waals surface area contributed by atoms with Crippen LogP contribution in [0.3, 0.4) is 0 Å². The summed E-state index contributed by atoms with van der Waals surface area (Å²) in [5, 5.41) is 21.1. The second kappa shape index (κ2) is 7.03. The number of carbonyl (C=O) groups excluding carboxylic acids is 1. The molecular formula is C11H15N7O3. The van der Waals surface area contributed by atoms with E-state index >= 15 is 0 Å². The van der Waals surface area contributed by atoms with Crippen molar-refractivity contribution < 1.29 is 14.7 Å². The van der Waals surface area contributed by atoms with Gasteiger partial charge in [0, 0.05) is 31.9 Å². The van der Waals surface area contributed by atoms with Gasteiger partial charge in [0.2, 0.25) is 0 Å². The van der Waals surface area contributed by atoms with Gasteiger partial charge in [-0.15, -0.1) is 5.10 Å². The van der Waals surface area contributed by atoms with Crippen LogP contribution in [-0.4, -0.2) is 55.2 Å². The molecule has 2 heterocycles. The van der Waals surface area contributed by atoms with Gasteiger partial charge < -0.3 is 20.7 Å². The number of nitrogens with one attached hydrogen (secondary N) is 3. The van der Waals surface area contributed by atoms with Crippen molar-refractivity contribution in [3.05, 3.63) is 30.1 Å². The molecule has 0 saturated heterocycles. The molecule has 0 aromatic carbocycles. The Morgan fingerprint density at radius 1 is 1.33 bits per heavy atom. The fourth-order valence-corrected chi connectivity index (χ4v) is 1.58. The monoisotopic (exact) mass is 293 g/mol. The van der Waals surface area contributed by atoms with Gasteiger partial charge in [-0.05, 0) is 0 Å². The van der Waals surface area contributed by atoms with E-state index in [1.807, 2.05) is 0 Å². The van der Waals surface area contributed by atoms with Crippen LogP contribution in [0.5, 0.6) is 0 Å². The highest BCUT2D eigenvalue weighted by Gasteiger charge is 2.08. The Morgan fingerprint density at radius 2 is 2.14 bits per heavy atom. The number of aromatic nitrogens is 5. The Hall–Kier alpha value is -2.91. The second-order valence-corrected chi connectivity index (χ2v) is 4.14. The van der Waals surface area contributed by atoms with Gasteiger partial charge in [0.25, 0.3) is 0 Å². The number of aromatic carboxylic acids is 1. The molecule has 112 valence electrons. The van der Waals surface area contributed by atoms with Gasteiger partial charge in [-0.1, -0.05) is 5.21 Å². The molecule has 0 bridgehead atoms. The van der Waals surface area contributed by atoms with E-state index < -0.39 is 5.97 Å². The first-order chi connectivity index (χ1) is 10.1. The van der Waals surface area contributed by atoms with Crippen molar-refractivity contribution >= 4 is 12.0 Å². The van der Waals surface area contributed by atoms with Gasteiger partial charge in [-0.3, -0.25) is 0 Å². The number of aromatic amines is 1. The number of carboxylic acid groups (broad SMARTS) is 1. The van der Waals surface area contributed by atoms with Crippen molar-refractivity contribution in [2.75, 3.05) is 13.1 Å². The SMILES string of the molecule is O=C(NCCc1ncc[nH]1)NCCn1cc(C(=O)O)nn1. The highest BCUT2D eigenvalue weighted by molar-refractivity contribution is 5.84. The van der Waals surface area contributed by atoms with Crippen LogP contribution in [0.25, 0.3) is 0 Å². The molecule has 2 amide bonds. The molecule has 0 radical (unpaired) electrons. The van der Waals surface area contributed by atoms with Crippen LogP contribution < -0.4 is 10.6 Å². The lowest BCUT2D eigenvalue weighted by molar-refractivity contribution is 0.0690. The van der Waals surface area contributed by atoms with Gasteiger partial charge in [0.1, 0.15) is 5.82 Å². The number of hydrogen-bond donors (Lipinski definition) is 4. The van der Waals surface area contributed by atoms with E-state index in [0.717, 1.165) is 5.82 Å². The van der Waals surface area contributed by atoms with Gasteiger partial charge in [-0.2, -0.15) is 0 Å². The Kier molecular flexibility index (Phi) is 4.85. The normalized spacial score (nSPS) is 10.3. The van der Waals surface area contributed by atoms with E-state index in [0.29, 0.717) is 26.1 Å². The molecule has 10 nitrogen and oxygen atoms in total. The predicted molar refractivity (Wildman–Crippen MR) is 70.7 cm³/mol. The predicted octanol–water partition coefficient (Wildman–Crippen LogP) is -0.759. The molecule has 0 atom stereocenters. The lowest BCUT2D eigenvalue weighted by atomic mass is 10.4. The molecule has 2 aromatic heterocycles. The summed E-state index contributed by atoms with van der Waals surface area (Å²) in [6.07, 6.45) is 5.29.